The summed E-state index contributed by atoms with van der Waals surface area (Å²) in [7, 11) is 0. The molecule has 0 aromatic carbocycles. The molecular formula is C19H32N6O3. The van der Waals surface area contributed by atoms with Gasteiger partial charge in [-0.05, 0) is 26.3 Å². The Hall–Kier alpha value is -1.97. The molecule has 2 saturated heterocycles. The number of likely N-dealkylation sites (tertiary alicyclic amines) is 1. The summed E-state index contributed by atoms with van der Waals surface area (Å²) in [5, 5.41) is 9.69. The summed E-state index contributed by atoms with van der Waals surface area (Å²) in [5.74, 6) is 1.13. The molecule has 0 radical (unpaired) electrons. The minimum atomic E-state index is -0.0992. The van der Waals surface area contributed by atoms with E-state index in [-0.39, 0.29) is 11.8 Å². The van der Waals surface area contributed by atoms with Gasteiger partial charge in [0.05, 0.1) is 13.1 Å². The lowest BCUT2D eigenvalue weighted by molar-refractivity contribution is -0.124. The fourth-order valence-corrected chi connectivity index (χ4v) is 3.79. The zero-order chi connectivity index (χ0) is 19.9. The molecule has 0 aliphatic carbocycles. The summed E-state index contributed by atoms with van der Waals surface area (Å²) in [6.07, 6.45) is 2.07. The quantitative estimate of drug-likeness (QED) is 0.682. The smallest absolute Gasteiger partial charge is 0.239 e. The molecule has 9 nitrogen and oxygen atoms in total. The lowest BCUT2D eigenvalue weighted by Gasteiger charge is -2.35. The third-order valence-corrected chi connectivity index (χ3v) is 5.49. The van der Waals surface area contributed by atoms with E-state index >= 15 is 0 Å². The Morgan fingerprint density at radius 2 is 1.64 bits per heavy atom. The first-order chi connectivity index (χ1) is 13.5. The zero-order valence-corrected chi connectivity index (χ0v) is 16.9. The Kier molecular flexibility index (Phi) is 7.41. The van der Waals surface area contributed by atoms with Gasteiger partial charge in [0.1, 0.15) is 5.76 Å². The molecule has 2 fully saturated rings. The molecule has 9 heteroatoms. The molecule has 2 N–H and O–H groups in total. The highest BCUT2D eigenvalue weighted by atomic mass is 16.5. The molecule has 2 aliphatic rings. The van der Waals surface area contributed by atoms with Gasteiger partial charge in [-0.25, -0.2) is 0 Å². The van der Waals surface area contributed by atoms with Crippen LogP contribution < -0.4 is 10.6 Å². The van der Waals surface area contributed by atoms with E-state index in [0.29, 0.717) is 30.7 Å². The number of amides is 2. The van der Waals surface area contributed by atoms with E-state index < -0.39 is 0 Å². The van der Waals surface area contributed by atoms with Gasteiger partial charge in [0.2, 0.25) is 11.8 Å². The summed E-state index contributed by atoms with van der Waals surface area (Å²) in [6.45, 7) is 11.1. The molecule has 0 atom stereocenters. The third kappa shape index (κ3) is 6.29. The van der Waals surface area contributed by atoms with Crippen LogP contribution in [0.1, 0.15) is 25.5 Å². The van der Waals surface area contributed by atoms with Gasteiger partial charge >= 0.3 is 0 Å². The normalized spacial score (nSPS) is 20.2. The molecule has 1 aromatic rings. The number of anilines is 1. The van der Waals surface area contributed by atoms with E-state index in [4.69, 9.17) is 4.52 Å². The molecule has 0 bridgehead atoms. The molecule has 0 spiro atoms. The van der Waals surface area contributed by atoms with E-state index in [0.717, 1.165) is 58.7 Å². The second-order valence-corrected chi connectivity index (χ2v) is 7.70. The summed E-state index contributed by atoms with van der Waals surface area (Å²) < 4.78 is 4.95. The van der Waals surface area contributed by atoms with E-state index in [2.05, 4.69) is 37.4 Å². The molecule has 1 aromatic heterocycles. The van der Waals surface area contributed by atoms with Crippen molar-refractivity contribution in [2.24, 2.45) is 0 Å². The Labute approximate surface area is 166 Å². The van der Waals surface area contributed by atoms with Crippen LogP contribution in [-0.2, 0) is 9.59 Å². The van der Waals surface area contributed by atoms with Crippen molar-refractivity contribution in [3.05, 3.63) is 11.8 Å². The maximum atomic E-state index is 12.3. The molecule has 2 amide bonds. The molecular weight excluding hydrogens is 360 g/mol. The summed E-state index contributed by atoms with van der Waals surface area (Å²) in [4.78, 5) is 31.1. The average molecular weight is 393 g/mol. The molecule has 156 valence electrons. The van der Waals surface area contributed by atoms with Gasteiger partial charge in [-0.1, -0.05) is 12.1 Å². The van der Waals surface area contributed by atoms with Gasteiger partial charge in [-0.2, -0.15) is 0 Å². The number of hydrogen-bond acceptors (Lipinski definition) is 7. The number of piperazine rings is 1. The number of aryl methyl sites for hydroxylation is 1. The summed E-state index contributed by atoms with van der Waals surface area (Å²) in [6, 6.07) is 2.00. The van der Waals surface area contributed by atoms with Crippen molar-refractivity contribution in [1.82, 2.24) is 25.2 Å². The number of nitrogens with zero attached hydrogens (tertiary/aromatic N) is 4. The van der Waals surface area contributed by atoms with Crippen molar-refractivity contribution in [3.8, 4) is 0 Å². The predicted octanol–water partition coefficient (Wildman–Crippen LogP) is 0.140. The first kappa shape index (κ1) is 20.8. The maximum absolute atomic E-state index is 12.3. The van der Waals surface area contributed by atoms with Gasteiger partial charge in [-0.3, -0.25) is 19.4 Å². The SMILES string of the molecule is CCN1CCC(NC(=O)CN2CCN(CC(=O)Nc3cc(C)on3)CC2)CC1. The van der Waals surface area contributed by atoms with Crippen LogP contribution in [0.25, 0.3) is 0 Å². The largest absolute Gasteiger partial charge is 0.360 e. The average Bonchev–Trinajstić information content (AvgIpc) is 3.08. The number of carbonyl (C=O) groups excluding carboxylic acids is 2. The van der Waals surface area contributed by atoms with Crippen LogP contribution in [0.3, 0.4) is 0 Å². The van der Waals surface area contributed by atoms with E-state index in [1.165, 1.54) is 0 Å². The highest BCUT2D eigenvalue weighted by Crippen LogP contribution is 2.10. The monoisotopic (exact) mass is 392 g/mol. The van der Waals surface area contributed by atoms with Crippen molar-refractivity contribution >= 4 is 17.6 Å². The van der Waals surface area contributed by atoms with Crippen LogP contribution in [0, 0.1) is 6.92 Å². The van der Waals surface area contributed by atoms with Crippen molar-refractivity contribution in [1.29, 1.82) is 0 Å². The Balaban J connectivity index is 1.31. The lowest BCUT2D eigenvalue weighted by atomic mass is 10.1. The molecule has 0 unspecified atom stereocenters. The van der Waals surface area contributed by atoms with E-state index in [1.54, 1.807) is 13.0 Å². The van der Waals surface area contributed by atoms with Gasteiger partial charge in [0, 0.05) is 51.4 Å². The Morgan fingerprint density at radius 1 is 1.04 bits per heavy atom. The van der Waals surface area contributed by atoms with Crippen LogP contribution >= 0.6 is 0 Å². The number of rotatable bonds is 7. The molecule has 3 rings (SSSR count). The fourth-order valence-electron chi connectivity index (χ4n) is 3.79. The first-order valence-electron chi connectivity index (χ1n) is 10.2. The van der Waals surface area contributed by atoms with Crippen LogP contribution in [0.4, 0.5) is 5.82 Å². The second-order valence-electron chi connectivity index (χ2n) is 7.70. The van der Waals surface area contributed by atoms with Gasteiger partial charge in [0.25, 0.3) is 0 Å². The summed E-state index contributed by atoms with van der Waals surface area (Å²) in [5.41, 5.74) is 0. The molecule has 2 aliphatic heterocycles. The van der Waals surface area contributed by atoms with E-state index in [9.17, 15) is 9.59 Å². The topological polar surface area (TPSA) is 94.0 Å². The first-order valence-corrected chi connectivity index (χ1v) is 10.2. The lowest BCUT2D eigenvalue weighted by Crippen LogP contribution is -2.52. The minimum Gasteiger partial charge on any atom is -0.360 e. The van der Waals surface area contributed by atoms with Crippen LogP contribution in [-0.4, -0.2) is 96.6 Å². The summed E-state index contributed by atoms with van der Waals surface area (Å²) >= 11 is 0. The Morgan fingerprint density at radius 3 is 2.18 bits per heavy atom. The van der Waals surface area contributed by atoms with Crippen molar-refractivity contribution < 1.29 is 14.1 Å². The van der Waals surface area contributed by atoms with Crippen molar-refractivity contribution in [3.63, 3.8) is 0 Å². The van der Waals surface area contributed by atoms with Crippen molar-refractivity contribution in [2.45, 2.75) is 32.7 Å². The predicted molar refractivity (Wildman–Crippen MR) is 106 cm³/mol. The standard InChI is InChI=1S/C19H32N6O3/c1-3-23-6-4-16(5-7-23)20-18(26)13-24-8-10-25(11-9-24)14-19(27)21-17-12-15(2)28-22-17/h12,16H,3-11,13-14H2,1-2H3,(H,20,26)(H,21,22,27). The third-order valence-electron chi connectivity index (χ3n) is 5.49. The second kappa shape index (κ2) is 9.99. The van der Waals surface area contributed by atoms with Gasteiger partial charge < -0.3 is 20.1 Å². The van der Waals surface area contributed by atoms with E-state index in [1.807, 2.05) is 0 Å². The zero-order valence-electron chi connectivity index (χ0n) is 16.9. The number of hydrogen-bond donors (Lipinski definition) is 2. The number of carbonyl (C=O) groups is 2. The van der Waals surface area contributed by atoms with Crippen LogP contribution in [0.5, 0.6) is 0 Å². The van der Waals surface area contributed by atoms with Gasteiger partial charge in [0.15, 0.2) is 5.82 Å². The molecule has 28 heavy (non-hydrogen) atoms. The number of nitrogens with one attached hydrogen (secondary N) is 2. The van der Waals surface area contributed by atoms with Crippen molar-refractivity contribution in [2.75, 3.05) is 64.2 Å². The maximum Gasteiger partial charge on any atom is 0.239 e. The number of aromatic nitrogens is 1. The number of piperidine rings is 1. The van der Waals surface area contributed by atoms with Crippen LogP contribution in [0.15, 0.2) is 10.6 Å². The van der Waals surface area contributed by atoms with Gasteiger partial charge in [-0.15, -0.1) is 0 Å². The highest BCUT2D eigenvalue weighted by molar-refractivity contribution is 5.91. The minimum absolute atomic E-state index is 0.0992. The Bertz CT molecular complexity index is 648. The fraction of sp³-hybridized carbons (Fsp3) is 0.737. The van der Waals surface area contributed by atoms with Crippen LogP contribution in [0.2, 0.25) is 0 Å². The highest BCUT2D eigenvalue weighted by Gasteiger charge is 2.23. The molecule has 0 saturated carbocycles. The molecule has 3 heterocycles.